The summed E-state index contributed by atoms with van der Waals surface area (Å²) in [6.45, 7) is 3.70. The van der Waals surface area contributed by atoms with Crippen molar-refractivity contribution in [2.75, 3.05) is 33.4 Å². The zero-order valence-electron chi connectivity index (χ0n) is 33.2. The number of carbonyl (C=O) groups excluding carboxylic acids is 4. The minimum absolute atomic E-state index is 0.00691. The molecule has 8 rings (SSSR count). The van der Waals surface area contributed by atoms with Crippen LogP contribution < -0.4 is 14.2 Å². The molecule has 6 atom stereocenters. The van der Waals surface area contributed by atoms with Gasteiger partial charge in [0.15, 0.2) is 5.78 Å². The van der Waals surface area contributed by atoms with Gasteiger partial charge in [-0.3, -0.25) is 23.9 Å². The summed E-state index contributed by atoms with van der Waals surface area (Å²) in [5.74, 6) is -0.953. The predicted molar refractivity (Wildman–Crippen MR) is 213 cm³/mol. The molecule has 3 aliphatic carbocycles. The van der Waals surface area contributed by atoms with E-state index in [1.807, 2.05) is 42.2 Å². The highest BCUT2D eigenvalue weighted by molar-refractivity contribution is 7.90. The Morgan fingerprint density at radius 2 is 1.84 bits per heavy atom. The quantitative estimate of drug-likeness (QED) is 0.357. The highest BCUT2D eigenvalue weighted by Crippen LogP contribution is 2.58. The Labute approximate surface area is 335 Å². The molecule has 0 unspecified atom stereocenters. The van der Waals surface area contributed by atoms with E-state index in [0.29, 0.717) is 62.5 Å². The van der Waals surface area contributed by atoms with Crippen molar-refractivity contribution in [2.24, 2.45) is 23.2 Å². The van der Waals surface area contributed by atoms with Gasteiger partial charge in [-0.2, -0.15) is 0 Å². The lowest BCUT2D eigenvalue weighted by atomic mass is 9.85. The summed E-state index contributed by atoms with van der Waals surface area (Å²) in [6, 6.07) is 6.76. The molecule has 1 N–H and O–H groups in total. The smallest absolute Gasteiger partial charge is 0.240 e. The number of methoxy groups -OCH3 is 1. The number of allylic oxidation sites excluding steroid dienone is 1. The molecule has 4 heterocycles. The number of ether oxygens (including phenoxy) is 3. The molecule has 3 saturated carbocycles. The number of rotatable bonds is 9. The lowest BCUT2D eigenvalue weighted by Gasteiger charge is -2.32. The van der Waals surface area contributed by atoms with Crippen molar-refractivity contribution in [3.8, 4) is 11.6 Å². The van der Waals surface area contributed by atoms with Gasteiger partial charge in [-0.1, -0.05) is 38.3 Å². The number of hydrogen-bond donors (Lipinski definition) is 1. The summed E-state index contributed by atoms with van der Waals surface area (Å²) >= 11 is 0. The van der Waals surface area contributed by atoms with E-state index >= 15 is 4.79 Å². The van der Waals surface area contributed by atoms with Crippen LogP contribution in [0.4, 0.5) is 0 Å². The Balaban J connectivity index is 1.13. The molecule has 308 valence electrons. The standard InChI is InChI=1S/C43H56N4O9S/c1-3-30-23-43(30,42(51)45-57(52,53)34-14-15-34)24-38(48)37-21-33-26-47(37)41(50)35(27-9-6-7-10-27)22-39(49)46-17-16-32(25-46)55-18-8-4-5-11-29-19-28-12-13-31(54-2)20-36(28)44-40(29)56-33/h5,11-13,19-20,27,30,32-35,37H,3-4,6-10,14-18,21-26H2,1-2H3,(H,45,51)/b11-5+/t30-,32+,33-,35+,37+,43-/m1/s1. The Morgan fingerprint density at radius 3 is 2.58 bits per heavy atom. The Morgan fingerprint density at radius 1 is 1.04 bits per heavy atom. The van der Waals surface area contributed by atoms with Gasteiger partial charge in [0, 0.05) is 61.9 Å². The molecule has 14 heteroatoms. The molecule has 1 aromatic heterocycles. The van der Waals surface area contributed by atoms with E-state index in [1.165, 1.54) is 0 Å². The van der Waals surface area contributed by atoms with Crippen LogP contribution in [-0.4, -0.2) is 104 Å². The summed E-state index contributed by atoms with van der Waals surface area (Å²) in [4.78, 5) is 65.7. The van der Waals surface area contributed by atoms with Crippen LogP contribution in [0.15, 0.2) is 30.3 Å². The summed E-state index contributed by atoms with van der Waals surface area (Å²) in [5.41, 5.74) is 0.278. The second-order valence-electron chi connectivity index (χ2n) is 17.2. The summed E-state index contributed by atoms with van der Waals surface area (Å²) in [6.07, 6.45) is 11.4. The van der Waals surface area contributed by atoms with Gasteiger partial charge in [-0.15, -0.1) is 0 Å². The second kappa shape index (κ2) is 16.3. The van der Waals surface area contributed by atoms with E-state index in [0.717, 1.165) is 55.9 Å². The molecule has 13 nitrogen and oxygen atoms in total. The molecule has 0 radical (unpaired) electrons. The second-order valence-corrected chi connectivity index (χ2v) is 19.2. The maximum absolute atomic E-state index is 15.0. The monoisotopic (exact) mass is 804 g/mol. The maximum Gasteiger partial charge on any atom is 0.240 e. The van der Waals surface area contributed by atoms with Crippen LogP contribution >= 0.6 is 0 Å². The largest absolute Gasteiger partial charge is 0.497 e. The molecule has 3 amide bonds. The van der Waals surface area contributed by atoms with Crippen molar-refractivity contribution >= 4 is 50.5 Å². The SMILES string of the molecule is CC[C@@H]1C[C@]1(CC(=O)[C@@H]1C[C@@H]2CN1C(=O)[C@H](C1CCCC1)CC(=O)N1CC[C@@H](C1)OCCC/C=C/c1cc3ccc(OC)cc3nc1O2)C(=O)NS(=O)(=O)C1CC1. The van der Waals surface area contributed by atoms with Crippen LogP contribution in [-0.2, 0) is 33.9 Å². The van der Waals surface area contributed by atoms with E-state index in [4.69, 9.17) is 19.2 Å². The number of fused-ring (bicyclic) bond motifs is 6. The van der Waals surface area contributed by atoms with Crippen LogP contribution in [0.25, 0.3) is 17.0 Å². The number of amides is 3. The lowest BCUT2D eigenvalue weighted by Crippen LogP contribution is -2.48. The number of benzene rings is 1. The van der Waals surface area contributed by atoms with Gasteiger partial charge in [0.05, 0.1) is 42.0 Å². The number of pyridine rings is 1. The fourth-order valence-electron chi connectivity index (χ4n) is 9.79. The highest BCUT2D eigenvalue weighted by Gasteiger charge is 2.62. The fourth-order valence-corrected chi connectivity index (χ4v) is 11.2. The van der Waals surface area contributed by atoms with Gasteiger partial charge in [0.2, 0.25) is 33.6 Å². The van der Waals surface area contributed by atoms with Gasteiger partial charge in [0.25, 0.3) is 0 Å². The lowest BCUT2D eigenvalue weighted by molar-refractivity contribution is -0.146. The number of hydrogen-bond acceptors (Lipinski definition) is 10. The number of nitrogens with one attached hydrogen (secondary N) is 1. The third kappa shape index (κ3) is 8.44. The van der Waals surface area contributed by atoms with Crippen LogP contribution in [0.3, 0.4) is 0 Å². The molecule has 1 aromatic carbocycles. The Hall–Kier alpha value is -4.04. The molecule has 2 saturated heterocycles. The van der Waals surface area contributed by atoms with Crippen molar-refractivity contribution < 1.29 is 41.8 Å². The zero-order chi connectivity index (χ0) is 39.9. The molecule has 4 bridgehead atoms. The molecular formula is C43H56N4O9S. The molecule has 2 aromatic rings. The van der Waals surface area contributed by atoms with Crippen molar-refractivity contribution in [2.45, 2.75) is 120 Å². The number of sulfonamides is 1. The maximum atomic E-state index is 15.0. The van der Waals surface area contributed by atoms with Gasteiger partial charge >= 0.3 is 0 Å². The van der Waals surface area contributed by atoms with E-state index in [1.54, 1.807) is 12.0 Å². The number of aromatic nitrogens is 1. The van der Waals surface area contributed by atoms with Crippen molar-refractivity contribution in [3.63, 3.8) is 0 Å². The van der Waals surface area contributed by atoms with E-state index in [-0.39, 0.29) is 61.3 Å². The van der Waals surface area contributed by atoms with Gasteiger partial charge in [-0.05, 0) is 81.4 Å². The molecule has 6 aliphatic rings. The molecule has 0 spiro atoms. The van der Waals surface area contributed by atoms with Crippen LogP contribution in [0, 0.1) is 23.2 Å². The van der Waals surface area contributed by atoms with E-state index in [2.05, 4.69) is 10.8 Å². The minimum Gasteiger partial charge on any atom is -0.497 e. The first-order valence-corrected chi connectivity index (χ1v) is 22.6. The van der Waals surface area contributed by atoms with Crippen molar-refractivity contribution in [3.05, 3.63) is 35.9 Å². The minimum atomic E-state index is -3.82. The van der Waals surface area contributed by atoms with Crippen LogP contribution in [0.5, 0.6) is 11.6 Å². The average molecular weight is 805 g/mol. The Bertz CT molecular complexity index is 2030. The van der Waals surface area contributed by atoms with Crippen molar-refractivity contribution in [1.29, 1.82) is 0 Å². The summed E-state index contributed by atoms with van der Waals surface area (Å²) in [7, 11) is -2.22. The first kappa shape index (κ1) is 39.8. The molecule has 3 aliphatic heterocycles. The van der Waals surface area contributed by atoms with E-state index in [9.17, 15) is 22.8 Å². The van der Waals surface area contributed by atoms with E-state index < -0.39 is 44.7 Å². The predicted octanol–water partition coefficient (Wildman–Crippen LogP) is 5.20. The number of carbonyl (C=O) groups is 4. The van der Waals surface area contributed by atoms with Crippen LogP contribution in [0.1, 0.15) is 102 Å². The molecule has 5 fully saturated rings. The first-order chi connectivity index (χ1) is 27.5. The topological polar surface area (TPSA) is 162 Å². The number of Topliss-reactive ketones (excluding diaryl/α,β-unsaturated/α-hetero) is 1. The Kier molecular flexibility index (Phi) is 11.4. The van der Waals surface area contributed by atoms with Gasteiger partial charge in [0.1, 0.15) is 11.9 Å². The fraction of sp³-hybridized carbons (Fsp3) is 0.651. The zero-order valence-corrected chi connectivity index (χ0v) is 34.0. The van der Waals surface area contributed by atoms with Crippen molar-refractivity contribution in [1.82, 2.24) is 19.5 Å². The van der Waals surface area contributed by atoms with Gasteiger partial charge in [-0.25, -0.2) is 13.4 Å². The average Bonchev–Trinajstić information content (AvgIpc) is 3.97. The highest BCUT2D eigenvalue weighted by atomic mass is 32.2. The third-order valence-electron chi connectivity index (χ3n) is 13.4. The van der Waals surface area contributed by atoms with Crippen LogP contribution in [0.2, 0.25) is 0 Å². The number of nitrogens with zero attached hydrogens (tertiary/aromatic N) is 3. The summed E-state index contributed by atoms with van der Waals surface area (Å²) in [5, 5.41) is 0.327. The summed E-state index contributed by atoms with van der Waals surface area (Å²) < 4.78 is 46.4. The molecular weight excluding hydrogens is 749 g/mol. The number of ketones is 1. The van der Waals surface area contributed by atoms with Gasteiger partial charge < -0.3 is 24.0 Å². The molecule has 57 heavy (non-hydrogen) atoms. The normalized spacial score (nSPS) is 30.6. The third-order valence-corrected chi connectivity index (χ3v) is 15.2. The first-order valence-electron chi connectivity index (χ1n) is 21.1.